The number of likely N-dealkylation sites (tertiary alicyclic amines) is 1. The van der Waals surface area contributed by atoms with E-state index < -0.39 is 16.1 Å². The molecule has 6 nitrogen and oxygen atoms in total. The van der Waals surface area contributed by atoms with Gasteiger partial charge in [0.2, 0.25) is 15.9 Å². The number of amides is 1. The van der Waals surface area contributed by atoms with Gasteiger partial charge in [0.1, 0.15) is 6.04 Å². The van der Waals surface area contributed by atoms with E-state index in [0.29, 0.717) is 17.3 Å². The number of hydrogen-bond donors (Lipinski definition) is 1. The van der Waals surface area contributed by atoms with Gasteiger partial charge in [-0.25, -0.2) is 8.42 Å². The van der Waals surface area contributed by atoms with Crippen LogP contribution in [-0.2, 0) is 27.9 Å². The molecular formula is C23H30ClN3O3S. The van der Waals surface area contributed by atoms with Crippen molar-refractivity contribution < 1.29 is 13.2 Å². The molecule has 0 aliphatic carbocycles. The summed E-state index contributed by atoms with van der Waals surface area (Å²) in [7, 11) is -3.66. The zero-order chi connectivity index (χ0) is 22.4. The van der Waals surface area contributed by atoms with Gasteiger partial charge in [0.15, 0.2) is 0 Å². The zero-order valence-electron chi connectivity index (χ0n) is 18.1. The summed E-state index contributed by atoms with van der Waals surface area (Å²) in [5.74, 6) is -0.359. The molecule has 2 aromatic carbocycles. The van der Waals surface area contributed by atoms with Crippen LogP contribution in [0.15, 0.2) is 48.5 Å². The molecule has 8 heteroatoms. The first kappa shape index (κ1) is 23.6. The summed E-state index contributed by atoms with van der Waals surface area (Å²) in [6.45, 7) is 5.10. The molecule has 1 atom stereocenters. The summed E-state index contributed by atoms with van der Waals surface area (Å²) in [6, 6.07) is 13.7. The zero-order valence-corrected chi connectivity index (χ0v) is 19.6. The summed E-state index contributed by atoms with van der Waals surface area (Å²) in [5.41, 5.74) is 2.62. The standard InChI is InChI=1S/C23H30ClN3O3S/c1-18(27(31(2,29)30)22-11-9-21(24)10-12-22)23(28)25-16-19-7-6-8-20(15-19)17-26-13-4-3-5-14-26/h6-12,15,18H,3-5,13-14,16-17H2,1-2H3,(H,25,28)/t18-/m1/s1. The second kappa shape index (κ2) is 10.5. The molecule has 3 rings (SSSR count). The molecule has 1 saturated heterocycles. The van der Waals surface area contributed by atoms with Gasteiger partial charge in [0.05, 0.1) is 11.9 Å². The number of piperidine rings is 1. The van der Waals surface area contributed by atoms with Gasteiger partial charge in [0.25, 0.3) is 0 Å². The molecule has 1 N–H and O–H groups in total. The lowest BCUT2D eigenvalue weighted by Gasteiger charge is -2.28. The number of nitrogens with zero attached hydrogens (tertiary/aromatic N) is 2. The summed E-state index contributed by atoms with van der Waals surface area (Å²) in [4.78, 5) is 15.3. The maximum Gasteiger partial charge on any atom is 0.243 e. The first-order chi connectivity index (χ1) is 14.7. The molecular weight excluding hydrogens is 434 g/mol. The number of halogens is 1. The number of carbonyl (C=O) groups is 1. The molecule has 0 radical (unpaired) electrons. The fourth-order valence-corrected chi connectivity index (χ4v) is 5.25. The van der Waals surface area contributed by atoms with Gasteiger partial charge in [-0.2, -0.15) is 0 Å². The average Bonchev–Trinajstić information content (AvgIpc) is 2.73. The van der Waals surface area contributed by atoms with Crippen LogP contribution in [0.3, 0.4) is 0 Å². The number of sulfonamides is 1. The topological polar surface area (TPSA) is 69.7 Å². The summed E-state index contributed by atoms with van der Waals surface area (Å²) in [5, 5.41) is 3.38. The van der Waals surface area contributed by atoms with E-state index in [1.807, 2.05) is 12.1 Å². The Morgan fingerprint density at radius 2 is 1.74 bits per heavy atom. The lowest BCUT2D eigenvalue weighted by Crippen LogP contribution is -2.47. The Morgan fingerprint density at radius 3 is 2.39 bits per heavy atom. The van der Waals surface area contributed by atoms with E-state index in [4.69, 9.17) is 11.6 Å². The van der Waals surface area contributed by atoms with E-state index in [2.05, 4.69) is 22.3 Å². The molecule has 1 heterocycles. The van der Waals surface area contributed by atoms with Crippen molar-refractivity contribution in [1.29, 1.82) is 0 Å². The molecule has 0 bridgehead atoms. The van der Waals surface area contributed by atoms with Gasteiger partial charge in [-0.1, -0.05) is 42.3 Å². The Bertz CT molecular complexity index is 989. The number of anilines is 1. The first-order valence-electron chi connectivity index (χ1n) is 10.6. The number of hydrogen-bond acceptors (Lipinski definition) is 4. The van der Waals surface area contributed by atoms with Gasteiger partial charge in [0, 0.05) is 18.1 Å². The van der Waals surface area contributed by atoms with Crippen molar-refractivity contribution >= 4 is 33.2 Å². The molecule has 0 saturated carbocycles. The van der Waals surface area contributed by atoms with Crippen LogP contribution >= 0.6 is 11.6 Å². The second-order valence-electron chi connectivity index (χ2n) is 8.09. The van der Waals surface area contributed by atoms with Crippen LogP contribution in [0.2, 0.25) is 5.02 Å². The highest BCUT2D eigenvalue weighted by atomic mass is 35.5. The number of rotatable bonds is 8. The number of benzene rings is 2. The van der Waals surface area contributed by atoms with Crippen molar-refractivity contribution in [2.75, 3.05) is 23.7 Å². The minimum atomic E-state index is -3.66. The van der Waals surface area contributed by atoms with Gasteiger partial charge in [-0.05, 0) is 68.2 Å². The summed E-state index contributed by atoms with van der Waals surface area (Å²) in [6.07, 6.45) is 4.90. The van der Waals surface area contributed by atoms with Crippen LogP contribution in [-0.4, -0.2) is 44.6 Å². The third kappa shape index (κ3) is 6.69. The molecule has 0 aromatic heterocycles. The van der Waals surface area contributed by atoms with Crippen molar-refractivity contribution in [3.05, 3.63) is 64.7 Å². The van der Waals surface area contributed by atoms with E-state index in [-0.39, 0.29) is 5.91 Å². The molecule has 0 spiro atoms. The molecule has 0 unspecified atom stereocenters. The van der Waals surface area contributed by atoms with Crippen LogP contribution in [0.1, 0.15) is 37.3 Å². The average molecular weight is 464 g/mol. The SMILES string of the molecule is C[C@H](C(=O)NCc1cccc(CN2CCCCC2)c1)N(c1ccc(Cl)cc1)S(C)(=O)=O. The highest BCUT2D eigenvalue weighted by molar-refractivity contribution is 7.92. The first-order valence-corrected chi connectivity index (χ1v) is 12.8. The Balaban J connectivity index is 1.64. The fraction of sp³-hybridized carbons (Fsp3) is 0.435. The summed E-state index contributed by atoms with van der Waals surface area (Å²) < 4.78 is 25.9. The Kier molecular flexibility index (Phi) is 7.97. The maximum atomic E-state index is 12.8. The van der Waals surface area contributed by atoms with Crippen LogP contribution in [0.5, 0.6) is 0 Å². The van der Waals surface area contributed by atoms with Crippen LogP contribution in [0, 0.1) is 0 Å². The molecule has 1 amide bonds. The number of nitrogens with one attached hydrogen (secondary N) is 1. The van der Waals surface area contributed by atoms with Gasteiger partial charge < -0.3 is 5.32 Å². The Hall–Kier alpha value is -2.09. The minimum absolute atomic E-state index is 0.342. The molecule has 2 aromatic rings. The fourth-order valence-electron chi connectivity index (χ4n) is 3.95. The molecule has 1 aliphatic rings. The molecule has 1 fully saturated rings. The van der Waals surface area contributed by atoms with E-state index in [1.54, 1.807) is 31.2 Å². The van der Waals surface area contributed by atoms with Crippen LogP contribution < -0.4 is 9.62 Å². The van der Waals surface area contributed by atoms with Crippen molar-refractivity contribution in [2.45, 2.75) is 45.3 Å². The molecule has 31 heavy (non-hydrogen) atoms. The largest absolute Gasteiger partial charge is 0.350 e. The lowest BCUT2D eigenvalue weighted by atomic mass is 10.1. The van der Waals surface area contributed by atoms with Gasteiger partial charge >= 0.3 is 0 Å². The molecule has 1 aliphatic heterocycles. The normalized spacial score (nSPS) is 16.0. The summed E-state index contributed by atoms with van der Waals surface area (Å²) >= 11 is 5.91. The van der Waals surface area contributed by atoms with E-state index in [9.17, 15) is 13.2 Å². The van der Waals surface area contributed by atoms with Crippen LogP contribution in [0.4, 0.5) is 5.69 Å². The van der Waals surface area contributed by atoms with Crippen molar-refractivity contribution in [1.82, 2.24) is 10.2 Å². The molecule has 168 valence electrons. The van der Waals surface area contributed by atoms with Gasteiger partial charge in [-0.3, -0.25) is 14.0 Å². The highest BCUT2D eigenvalue weighted by Crippen LogP contribution is 2.23. The van der Waals surface area contributed by atoms with Crippen molar-refractivity contribution in [2.24, 2.45) is 0 Å². The van der Waals surface area contributed by atoms with Gasteiger partial charge in [-0.15, -0.1) is 0 Å². The smallest absolute Gasteiger partial charge is 0.243 e. The maximum absolute atomic E-state index is 12.8. The third-order valence-corrected chi connectivity index (χ3v) is 6.98. The number of carbonyl (C=O) groups excluding carboxylic acids is 1. The second-order valence-corrected chi connectivity index (χ2v) is 10.4. The predicted octanol–water partition coefficient (Wildman–Crippen LogP) is 3.80. The van der Waals surface area contributed by atoms with Crippen LogP contribution in [0.25, 0.3) is 0 Å². The van der Waals surface area contributed by atoms with Crippen molar-refractivity contribution in [3.8, 4) is 0 Å². The minimum Gasteiger partial charge on any atom is -0.350 e. The quantitative estimate of drug-likeness (QED) is 0.646. The van der Waals surface area contributed by atoms with Crippen molar-refractivity contribution in [3.63, 3.8) is 0 Å². The van der Waals surface area contributed by atoms with E-state index >= 15 is 0 Å². The highest BCUT2D eigenvalue weighted by Gasteiger charge is 2.29. The Morgan fingerprint density at radius 1 is 1.10 bits per heavy atom. The monoisotopic (exact) mass is 463 g/mol. The lowest BCUT2D eigenvalue weighted by molar-refractivity contribution is -0.122. The Labute approximate surface area is 190 Å². The van der Waals surface area contributed by atoms with E-state index in [1.165, 1.54) is 24.8 Å². The third-order valence-electron chi connectivity index (χ3n) is 5.48. The van der Waals surface area contributed by atoms with E-state index in [0.717, 1.165) is 35.8 Å². The predicted molar refractivity (Wildman–Crippen MR) is 126 cm³/mol.